The zero-order valence-electron chi connectivity index (χ0n) is 17.6. The Morgan fingerprint density at radius 1 is 1.06 bits per heavy atom. The topological polar surface area (TPSA) is 82.7 Å². The second-order valence-electron chi connectivity index (χ2n) is 8.13. The van der Waals surface area contributed by atoms with Crippen molar-refractivity contribution in [1.29, 1.82) is 0 Å². The number of nitrogens with zero attached hydrogens (tertiary/aromatic N) is 2. The summed E-state index contributed by atoms with van der Waals surface area (Å²) >= 11 is 6.34. The molecular formula is C24H22ClN3O4. The molecule has 0 bridgehead atoms. The Balaban J connectivity index is 1.45. The molecule has 0 radical (unpaired) electrons. The second-order valence-corrected chi connectivity index (χ2v) is 8.53. The number of aromatic nitrogens is 1. The van der Waals surface area contributed by atoms with Crippen LogP contribution in [0.4, 0.5) is 5.69 Å². The molecule has 2 aliphatic heterocycles. The SMILES string of the molecule is COC(=O)c1ccc2[nH]c3c(c2c1)CN(C(=O)c1ccc(Cl)c(N2CCCC2=O)c1)CC3. The minimum absolute atomic E-state index is 0.0271. The number of carbonyl (C=O) groups excluding carboxylic acids is 3. The van der Waals surface area contributed by atoms with E-state index in [1.165, 1.54) is 7.11 Å². The molecule has 0 saturated carbocycles. The number of hydrogen-bond donors (Lipinski definition) is 1. The van der Waals surface area contributed by atoms with E-state index in [2.05, 4.69) is 4.98 Å². The molecule has 1 fully saturated rings. The number of amides is 2. The molecule has 1 saturated heterocycles. The largest absolute Gasteiger partial charge is 0.465 e. The number of aromatic amines is 1. The molecule has 5 rings (SSSR count). The number of hydrogen-bond acceptors (Lipinski definition) is 4. The minimum Gasteiger partial charge on any atom is -0.465 e. The first-order chi connectivity index (χ1) is 15.5. The fraction of sp³-hybridized carbons (Fsp3) is 0.292. The summed E-state index contributed by atoms with van der Waals surface area (Å²) in [6.07, 6.45) is 1.97. The Morgan fingerprint density at radius 2 is 1.88 bits per heavy atom. The molecule has 1 aromatic heterocycles. The molecule has 8 heteroatoms. The number of esters is 1. The number of rotatable bonds is 3. The third kappa shape index (κ3) is 3.42. The molecule has 2 aromatic carbocycles. The Hall–Kier alpha value is -3.32. The summed E-state index contributed by atoms with van der Waals surface area (Å²) in [6.45, 7) is 1.61. The molecule has 164 valence electrons. The fourth-order valence-corrected chi connectivity index (χ4v) is 4.79. The highest BCUT2D eigenvalue weighted by Crippen LogP contribution is 2.33. The van der Waals surface area contributed by atoms with Gasteiger partial charge in [0.05, 0.1) is 23.4 Å². The summed E-state index contributed by atoms with van der Waals surface area (Å²) in [5.74, 6) is -0.478. The first-order valence-electron chi connectivity index (χ1n) is 10.6. The Labute approximate surface area is 189 Å². The minimum atomic E-state index is -0.393. The van der Waals surface area contributed by atoms with E-state index in [0.29, 0.717) is 54.3 Å². The summed E-state index contributed by atoms with van der Waals surface area (Å²) in [6, 6.07) is 10.5. The van der Waals surface area contributed by atoms with Gasteiger partial charge >= 0.3 is 5.97 Å². The summed E-state index contributed by atoms with van der Waals surface area (Å²) in [5.41, 5.74) is 4.58. The van der Waals surface area contributed by atoms with Crippen LogP contribution in [0, 0.1) is 0 Å². The Kier molecular flexibility index (Phi) is 5.13. The van der Waals surface area contributed by atoms with E-state index in [4.69, 9.17) is 16.3 Å². The van der Waals surface area contributed by atoms with E-state index >= 15 is 0 Å². The number of carbonyl (C=O) groups is 3. The van der Waals surface area contributed by atoms with Gasteiger partial charge in [0.15, 0.2) is 0 Å². The number of H-pyrrole nitrogens is 1. The Morgan fingerprint density at radius 3 is 2.62 bits per heavy atom. The molecule has 0 unspecified atom stereocenters. The lowest BCUT2D eigenvalue weighted by Crippen LogP contribution is -2.36. The van der Waals surface area contributed by atoms with Gasteiger partial charge in [-0.05, 0) is 42.8 Å². The maximum Gasteiger partial charge on any atom is 0.337 e. The lowest BCUT2D eigenvalue weighted by atomic mass is 10.0. The van der Waals surface area contributed by atoms with Crippen LogP contribution in [0.15, 0.2) is 36.4 Å². The maximum atomic E-state index is 13.3. The van der Waals surface area contributed by atoms with Crippen molar-refractivity contribution in [3.05, 3.63) is 63.8 Å². The normalized spacial score (nSPS) is 15.9. The van der Waals surface area contributed by atoms with E-state index in [1.54, 1.807) is 34.1 Å². The van der Waals surface area contributed by atoms with Gasteiger partial charge in [-0.25, -0.2) is 4.79 Å². The van der Waals surface area contributed by atoms with Gasteiger partial charge in [-0.3, -0.25) is 9.59 Å². The van der Waals surface area contributed by atoms with E-state index in [1.807, 2.05) is 12.1 Å². The zero-order valence-corrected chi connectivity index (χ0v) is 18.4. The van der Waals surface area contributed by atoms with E-state index in [9.17, 15) is 14.4 Å². The van der Waals surface area contributed by atoms with Gasteiger partial charge < -0.3 is 19.5 Å². The van der Waals surface area contributed by atoms with Crippen LogP contribution in [0.5, 0.6) is 0 Å². The highest BCUT2D eigenvalue weighted by atomic mass is 35.5. The number of halogens is 1. The maximum absolute atomic E-state index is 13.3. The van der Waals surface area contributed by atoms with Crippen LogP contribution >= 0.6 is 11.6 Å². The highest BCUT2D eigenvalue weighted by Gasteiger charge is 2.28. The van der Waals surface area contributed by atoms with Gasteiger partial charge in [0.2, 0.25) is 5.91 Å². The molecule has 32 heavy (non-hydrogen) atoms. The van der Waals surface area contributed by atoms with Crippen molar-refractivity contribution in [2.24, 2.45) is 0 Å². The van der Waals surface area contributed by atoms with Gasteiger partial charge in [0, 0.05) is 60.2 Å². The molecule has 1 N–H and O–H groups in total. The first-order valence-corrected chi connectivity index (χ1v) is 10.9. The molecule has 3 heterocycles. The standard InChI is InChI=1S/C24H22ClN3O4/c1-32-24(31)15-5-7-19-16(11-15)17-13-27(10-8-20(17)26-19)23(30)14-4-6-18(25)21(12-14)28-9-2-3-22(28)29/h4-7,11-12,26H,2-3,8-10,13H2,1H3. The van der Waals surface area contributed by atoms with Gasteiger partial charge in [-0.2, -0.15) is 0 Å². The van der Waals surface area contributed by atoms with Crippen LogP contribution in [0.3, 0.4) is 0 Å². The molecule has 2 amide bonds. The smallest absolute Gasteiger partial charge is 0.337 e. The van der Waals surface area contributed by atoms with E-state index in [-0.39, 0.29) is 11.8 Å². The summed E-state index contributed by atoms with van der Waals surface area (Å²) < 4.78 is 4.84. The van der Waals surface area contributed by atoms with Crippen molar-refractivity contribution < 1.29 is 19.1 Å². The lowest BCUT2D eigenvalue weighted by molar-refractivity contribution is -0.117. The third-order valence-corrected chi connectivity index (χ3v) is 6.56. The average Bonchev–Trinajstić information content (AvgIpc) is 3.40. The van der Waals surface area contributed by atoms with Crippen molar-refractivity contribution in [2.45, 2.75) is 25.8 Å². The van der Waals surface area contributed by atoms with Crippen LogP contribution in [0.2, 0.25) is 5.02 Å². The highest BCUT2D eigenvalue weighted by molar-refractivity contribution is 6.34. The van der Waals surface area contributed by atoms with E-state index < -0.39 is 5.97 Å². The van der Waals surface area contributed by atoms with Gasteiger partial charge in [-0.15, -0.1) is 0 Å². The molecule has 0 aliphatic carbocycles. The molecular weight excluding hydrogens is 430 g/mol. The van der Waals surface area contributed by atoms with Crippen LogP contribution in [-0.4, -0.2) is 47.9 Å². The van der Waals surface area contributed by atoms with Crippen LogP contribution < -0.4 is 4.90 Å². The quantitative estimate of drug-likeness (QED) is 0.611. The molecule has 3 aromatic rings. The summed E-state index contributed by atoms with van der Waals surface area (Å²) in [4.78, 5) is 44.3. The monoisotopic (exact) mass is 451 g/mol. The molecule has 7 nitrogen and oxygen atoms in total. The predicted molar refractivity (Wildman–Crippen MR) is 121 cm³/mol. The van der Waals surface area contributed by atoms with Crippen molar-refractivity contribution in [1.82, 2.24) is 9.88 Å². The fourth-order valence-electron chi connectivity index (χ4n) is 4.57. The number of benzene rings is 2. The summed E-state index contributed by atoms with van der Waals surface area (Å²) in [5, 5.41) is 1.38. The van der Waals surface area contributed by atoms with Crippen molar-refractivity contribution in [3.63, 3.8) is 0 Å². The van der Waals surface area contributed by atoms with Crippen LogP contribution in [0.1, 0.15) is 44.8 Å². The second kappa shape index (κ2) is 7.98. The number of fused-ring (bicyclic) bond motifs is 3. The van der Waals surface area contributed by atoms with Crippen molar-refractivity contribution >= 4 is 46.0 Å². The van der Waals surface area contributed by atoms with Crippen molar-refractivity contribution in [3.8, 4) is 0 Å². The molecule has 0 spiro atoms. The predicted octanol–water partition coefficient (Wildman–Crippen LogP) is 3.93. The first kappa shape index (κ1) is 20.6. The van der Waals surface area contributed by atoms with Crippen LogP contribution in [0.25, 0.3) is 10.9 Å². The molecule has 0 atom stereocenters. The van der Waals surface area contributed by atoms with Gasteiger partial charge in [0.25, 0.3) is 5.91 Å². The van der Waals surface area contributed by atoms with Gasteiger partial charge in [0.1, 0.15) is 0 Å². The lowest BCUT2D eigenvalue weighted by Gasteiger charge is -2.28. The van der Waals surface area contributed by atoms with Crippen LogP contribution in [-0.2, 0) is 22.5 Å². The zero-order chi connectivity index (χ0) is 22.4. The number of ether oxygens (including phenoxy) is 1. The number of anilines is 1. The summed E-state index contributed by atoms with van der Waals surface area (Å²) in [7, 11) is 1.36. The van der Waals surface area contributed by atoms with E-state index in [0.717, 1.165) is 28.6 Å². The molecule has 2 aliphatic rings. The number of methoxy groups -OCH3 is 1. The van der Waals surface area contributed by atoms with Gasteiger partial charge in [-0.1, -0.05) is 11.6 Å². The van der Waals surface area contributed by atoms with Crippen molar-refractivity contribution in [2.75, 3.05) is 25.1 Å². The third-order valence-electron chi connectivity index (χ3n) is 6.24. The Bertz CT molecular complexity index is 1270. The number of nitrogens with one attached hydrogen (secondary N) is 1. The average molecular weight is 452 g/mol.